The van der Waals surface area contributed by atoms with Crippen LogP contribution in [-0.2, 0) is 4.74 Å². The largest absolute Gasteiger partial charge is 0.488 e. The van der Waals surface area contributed by atoms with Crippen LogP contribution in [0.2, 0.25) is 5.28 Å². The van der Waals surface area contributed by atoms with Gasteiger partial charge in [-0.25, -0.2) is 15.0 Å². The number of hydrogen-bond donors (Lipinski definition) is 1. The second-order valence-corrected chi connectivity index (χ2v) is 8.25. The quantitative estimate of drug-likeness (QED) is 0.601. The van der Waals surface area contributed by atoms with E-state index in [2.05, 4.69) is 42.3 Å². The third-order valence-electron chi connectivity index (χ3n) is 5.85. The number of ether oxygens (including phenoxy) is 2. The highest BCUT2D eigenvalue weighted by atomic mass is 35.5. The Kier molecular flexibility index (Phi) is 5.99. The van der Waals surface area contributed by atoms with Gasteiger partial charge in [-0.15, -0.1) is 0 Å². The van der Waals surface area contributed by atoms with Gasteiger partial charge in [0.05, 0.1) is 24.8 Å². The van der Waals surface area contributed by atoms with Gasteiger partial charge >= 0.3 is 0 Å². The lowest BCUT2D eigenvalue weighted by atomic mass is 9.93. The first kappa shape index (κ1) is 20.2. The van der Waals surface area contributed by atoms with Crippen LogP contribution in [0.15, 0.2) is 36.8 Å². The van der Waals surface area contributed by atoms with Gasteiger partial charge in [-0.05, 0) is 49.4 Å². The number of aromatic nitrogens is 4. The Morgan fingerprint density at radius 2 is 1.81 bits per heavy atom. The zero-order chi connectivity index (χ0) is 21.0. The SMILES string of the molecule is Clc1nccc(NC2CCC(Oc3cc(N4CCOCC4)cc4nccnc34)CC2)n1. The number of morpholine rings is 1. The van der Waals surface area contributed by atoms with Crippen molar-refractivity contribution in [3.05, 3.63) is 42.1 Å². The number of hydrogen-bond acceptors (Lipinski definition) is 8. The molecule has 1 saturated carbocycles. The Morgan fingerprint density at radius 1 is 1.00 bits per heavy atom. The van der Waals surface area contributed by atoms with Crippen molar-refractivity contribution in [1.29, 1.82) is 0 Å². The van der Waals surface area contributed by atoms with Crippen molar-refractivity contribution in [3.63, 3.8) is 0 Å². The summed E-state index contributed by atoms with van der Waals surface area (Å²) in [5.41, 5.74) is 2.79. The molecule has 0 spiro atoms. The minimum absolute atomic E-state index is 0.150. The maximum absolute atomic E-state index is 6.48. The number of nitrogens with one attached hydrogen (secondary N) is 1. The molecular weight excluding hydrogens is 416 g/mol. The topological polar surface area (TPSA) is 85.3 Å². The molecule has 3 aromatic rings. The zero-order valence-corrected chi connectivity index (χ0v) is 18.0. The van der Waals surface area contributed by atoms with Crippen LogP contribution in [0, 0.1) is 0 Å². The van der Waals surface area contributed by atoms with Crippen LogP contribution in [0.5, 0.6) is 5.75 Å². The van der Waals surface area contributed by atoms with E-state index in [0.29, 0.717) is 6.04 Å². The molecule has 0 amide bonds. The number of benzene rings is 1. The molecule has 5 rings (SSSR count). The predicted molar refractivity (Wildman–Crippen MR) is 120 cm³/mol. The van der Waals surface area contributed by atoms with Crippen molar-refractivity contribution in [2.45, 2.75) is 37.8 Å². The molecule has 1 saturated heterocycles. The molecular formula is C22H25ClN6O2. The first-order chi connectivity index (χ1) is 15.2. The molecule has 1 aliphatic heterocycles. The minimum atomic E-state index is 0.150. The fourth-order valence-corrected chi connectivity index (χ4v) is 4.40. The molecule has 2 aliphatic rings. The highest BCUT2D eigenvalue weighted by molar-refractivity contribution is 6.28. The summed E-state index contributed by atoms with van der Waals surface area (Å²) in [5, 5.41) is 3.72. The van der Waals surface area contributed by atoms with Crippen LogP contribution in [0.25, 0.3) is 11.0 Å². The Hall–Kier alpha value is -2.71. The third-order valence-corrected chi connectivity index (χ3v) is 6.03. The number of fused-ring (bicyclic) bond motifs is 1. The predicted octanol–water partition coefficient (Wildman–Crippen LogP) is 3.71. The first-order valence-corrected chi connectivity index (χ1v) is 11.1. The van der Waals surface area contributed by atoms with Crippen LogP contribution in [0.4, 0.5) is 11.5 Å². The molecule has 0 atom stereocenters. The molecule has 0 radical (unpaired) electrons. The number of anilines is 2. The van der Waals surface area contributed by atoms with Crippen molar-refractivity contribution >= 4 is 34.1 Å². The van der Waals surface area contributed by atoms with Gasteiger partial charge in [-0.1, -0.05) is 0 Å². The molecule has 9 heteroatoms. The van der Waals surface area contributed by atoms with Gasteiger partial charge in [-0.3, -0.25) is 4.98 Å². The molecule has 31 heavy (non-hydrogen) atoms. The normalized spacial score (nSPS) is 21.8. The van der Waals surface area contributed by atoms with E-state index in [4.69, 9.17) is 21.1 Å². The molecule has 2 fully saturated rings. The molecule has 1 N–H and O–H groups in total. The first-order valence-electron chi connectivity index (χ1n) is 10.7. The van der Waals surface area contributed by atoms with E-state index in [0.717, 1.165) is 80.3 Å². The van der Waals surface area contributed by atoms with Crippen LogP contribution < -0.4 is 15.0 Å². The average Bonchev–Trinajstić information content (AvgIpc) is 2.81. The summed E-state index contributed by atoms with van der Waals surface area (Å²) in [6.07, 6.45) is 9.18. The van der Waals surface area contributed by atoms with E-state index in [1.165, 1.54) is 0 Å². The van der Waals surface area contributed by atoms with Crippen molar-refractivity contribution in [1.82, 2.24) is 19.9 Å². The second kappa shape index (κ2) is 9.20. The molecule has 2 aromatic heterocycles. The summed E-state index contributed by atoms with van der Waals surface area (Å²) in [7, 11) is 0. The standard InChI is InChI=1S/C22H25ClN6O2/c23-22-26-6-5-20(28-22)27-15-1-3-17(4-2-15)31-19-14-16(29-9-11-30-12-10-29)13-18-21(19)25-8-7-24-18/h5-8,13-15,17H,1-4,9-12H2,(H,26,27,28). The highest BCUT2D eigenvalue weighted by Crippen LogP contribution is 2.33. The number of halogens is 1. The van der Waals surface area contributed by atoms with E-state index in [9.17, 15) is 0 Å². The van der Waals surface area contributed by atoms with E-state index in [-0.39, 0.29) is 11.4 Å². The zero-order valence-electron chi connectivity index (χ0n) is 17.2. The minimum Gasteiger partial charge on any atom is -0.488 e. The molecule has 162 valence electrons. The molecule has 1 aliphatic carbocycles. The number of nitrogens with zero attached hydrogens (tertiary/aromatic N) is 5. The Balaban J connectivity index is 1.28. The molecule has 0 bridgehead atoms. The van der Waals surface area contributed by atoms with E-state index >= 15 is 0 Å². The summed E-state index contributed by atoms with van der Waals surface area (Å²) in [6.45, 7) is 3.22. The fraction of sp³-hybridized carbons (Fsp3) is 0.455. The Bertz CT molecular complexity index is 1040. The molecule has 0 unspecified atom stereocenters. The van der Waals surface area contributed by atoms with Gasteiger partial charge in [-0.2, -0.15) is 0 Å². The van der Waals surface area contributed by atoms with Gasteiger partial charge in [0.1, 0.15) is 17.1 Å². The highest BCUT2D eigenvalue weighted by Gasteiger charge is 2.24. The Labute approximate surface area is 186 Å². The smallest absolute Gasteiger partial charge is 0.224 e. The van der Waals surface area contributed by atoms with E-state index in [1.807, 2.05) is 6.07 Å². The van der Waals surface area contributed by atoms with Crippen molar-refractivity contribution in [2.24, 2.45) is 0 Å². The van der Waals surface area contributed by atoms with Gasteiger partial charge in [0.25, 0.3) is 0 Å². The van der Waals surface area contributed by atoms with E-state index < -0.39 is 0 Å². The summed E-state index contributed by atoms with van der Waals surface area (Å²) in [4.78, 5) is 19.5. The lowest BCUT2D eigenvalue weighted by Crippen LogP contribution is -2.36. The third kappa shape index (κ3) is 4.80. The lowest BCUT2D eigenvalue weighted by Gasteiger charge is -2.31. The van der Waals surface area contributed by atoms with Crippen molar-refractivity contribution in [3.8, 4) is 5.75 Å². The van der Waals surface area contributed by atoms with Gasteiger partial charge in [0, 0.05) is 49.5 Å². The van der Waals surface area contributed by atoms with Crippen LogP contribution in [0.1, 0.15) is 25.7 Å². The Morgan fingerprint density at radius 3 is 2.61 bits per heavy atom. The van der Waals surface area contributed by atoms with E-state index in [1.54, 1.807) is 18.6 Å². The van der Waals surface area contributed by atoms with Crippen LogP contribution in [-0.4, -0.2) is 58.4 Å². The summed E-state index contributed by atoms with van der Waals surface area (Å²) >= 11 is 5.89. The summed E-state index contributed by atoms with van der Waals surface area (Å²) < 4.78 is 12.0. The van der Waals surface area contributed by atoms with Crippen LogP contribution in [0.3, 0.4) is 0 Å². The maximum atomic E-state index is 6.48. The molecule has 3 heterocycles. The van der Waals surface area contributed by atoms with Gasteiger partial charge < -0.3 is 19.7 Å². The monoisotopic (exact) mass is 440 g/mol. The summed E-state index contributed by atoms with van der Waals surface area (Å²) in [5.74, 6) is 1.58. The van der Waals surface area contributed by atoms with Gasteiger partial charge in [0.2, 0.25) is 5.28 Å². The number of rotatable bonds is 5. The van der Waals surface area contributed by atoms with Gasteiger partial charge in [0.15, 0.2) is 0 Å². The summed E-state index contributed by atoms with van der Waals surface area (Å²) in [6, 6.07) is 6.39. The fourth-order valence-electron chi connectivity index (χ4n) is 4.25. The second-order valence-electron chi connectivity index (χ2n) is 7.91. The van der Waals surface area contributed by atoms with Crippen molar-refractivity contribution < 1.29 is 9.47 Å². The molecule has 8 nitrogen and oxygen atoms in total. The average molecular weight is 441 g/mol. The molecule has 1 aromatic carbocycles. The lowest BCUT2D eigenvalue weighted by molar-refractivity contribution is 0.122. The van der Waals surface area contributed by atoms with Crippen molar-refractivity contribution in [2.75, 3.05) is 36.5 Å². The van der Waals surface area contributed by atoms with Crippen LogP contribution >= 0.6 is 11.6 Å². The maximum Gasteiger partial charge on any atom is 0.224 e.